The van der Waals surface area contributed by atoms with Gasteiger partial charge in [-0.05, 0) is 12.5 Å². The molecule has 0 aromatic carbocycles. The van der Waals surface area contributed by atoms with Crippen LogP contribution in [0.15, 0.2) is 0 Å². The summed E-state index contributed by atoms with van der Waals surface area (Å²) in [4.78, 5) is 0. The van der Waals surface area contributed by atoms with Gasteiger partial charge in [-0.15, -0.1) is 23.5 Å². The third-order valence-electron chi connectivity index (χ3n) is 1.47. The van der Waals surface area contributed by atoms with E-state index >= 15 is 0 Å². The first-order valence-corrected chi connectivity index (χ1v) is 27.0. The summed E-state index contributed by atoms with van der Waals surface area (Å²) in [5.41, 5.74) is 0. The van der Waals surface area contributed by atoms with Crippen LogP contribution in [-0.2, 0) is 0 Å². The number of hydrogen-bond acceptors (Lipinski definition) is 3. The van der Waals surface area contributed by atoms with E-state index in [1.54, 1.807) is 5.25 Å². The first-order chi connectivity index (χ1) is 6.80. The van der Waals surface area contributed by atoms with Crippen molar-refractivity contribution in [1.29, 1.82) is 0 Å². The van der Waals surface area contributed by atoms with E-state index in [2.05, 4.69) is 18.8 Å². The number of thioether (sulfide) groups is 3. The van der Waals surface area contributed by atoms with Crippen LogP contribution in [0.25, 0.3) is 0 Å². The van der Waals surface area contributed by atoms with Gasteiger partial charge in [0.25, 0.3) is 0 Å². The summed E-state index contributed by atoms with van der Waals surface area (Å²) in [5.74, 6) is 0. The fraction of sp³-hybridized carbons (Fsp3) is 0.833. The summed E-state index contributed by atoms with van der Waals surface area (Å²) in [6.07, 6.45) is 6.56. The molecule has 0 spiro atoms. The van der Waals surface area contributed by atoms with Crippen molar-refractivity contribution in [3.8, 4) is 0 Å². The topological polar surface area (TPSA) is 0 Å². The molecule has 1 aliphatic carbocycles. The van der Waals surface area contributed by atoms with E-state index in [0.717, 1.165) is 10.5 Å². The molecule has 0 radical (unpaired) electrons. The van der Waals surface area contributed by atoms with Gasteiger partial charge in [0.2, 0.25) is 10.5 Å². The monoisotopic (exact) mass is 510 g/mol. The van der Waals surface area contributed by atoms with Gasteiger partial charge in [-0.25, -0.2) is 0 Å². The predicted molar refractivity (Wildman–Crippen MR) is 92.2 cm³/mol. The Kier molecular flexibility index (Phi) is 7.40. The molecule has 2 atom stereocenters. The SMILES string of the molecule is CS[C+]1C(SC)C1SC.[Cl][Sb-]([Cl])([Cl])([Cl])([Cl])[Cl]. The summed E-state index contributed by atoms with van der Waals surface area (Å²) >= 11 is 5.89. The van der Waals surface area contributed by atoms with Crippen molar-refractivity contribution in [2.45, 2.75) is 10.5 Å². The molecule has 0 aromatic rings. The Morgan fingerprint density at radius 1 is 0.812 bits per heavy atom. The molecule has 1 rings (SSSR count). The molecule has 0 aliphatic heterocycles. The molecule has 1 saturated carbocycles. The first kappa shape index (κ1) is 19.5. The Bertz CT molecular complexity index is 201. The number of rotatable bonds is 3. The maximum absolute atomic E-state index is 5.42. The van der Waals surface area contributed by atoms with Crippen molar-refractivity contribution in [3.63, 3.8) is 0 Å². The standard InChI is InChI=1S/C6H11S3.6ClH.Sb/c1-7-4-5(8-2)6(4)9-3;;;;;;;/h4-5H,1-3H3;6*1H;/q+1;;;;;;;+5/p-6. The molecule has 0 bridgehead atoms. The van der Waals surface area contributed by atoms with E-state index in [1.165, 1.54) is 0 Å². The third kappa shape index (κ3) is 12.5. The Balaban J connectivity index is 0.000000293. The molecular formula is C6H11Cl6S3Sb. The van der Waals surface area contributed by atoms with Crippen molar-refractivity contribution in [1.82, 2.24) is 0 Å². The Morgan fingerprint density at radius 2 is 1.06 bits per heavy atom. The van der Waals surface area contributed by atoms with Gasteiger partial charge in [0.05, 0.1) is 11.8 Å². The Labute approximate surface area is 130 Å². The van der Waals surface area contributed by atoms with Crippen LogP contribution < -0.4 is 0 Å². The van der Waals surface area contributed by atoms with Crippen LogP contribution in [0.1, 0.15) is 0 Å². The number of halogens is 6. The fourth-order valence-electron chi connectivity index (χ4n) is 0.908. The summed E-state index contributed by atoms with van der Waals surface area (Å²) in [6.45, 7) is 0. The van der Waals surface area contributed by atoms with Crippen molar-refractivity contribution in [3.05, 3.63) is 5.25 Å². The van der Waals surface area contributed by atoms with Crippen molar-refractivity contribution >= 4 is 97.4 Å². The predicted octanol–water partition coefficient (Wildman–Crippen LogP) is 6.11. The van der Waals surface area contributed by atoms with Gasteiger partial charge in [-0.1, -0.05) is 0 Å². The van der Waals surface area contributed by atoms with Crippen LogP contribution in [0.4, 0.5) is 0 Å². The normalized spacial score (nSPS) is 28.7. The second-order valence-corrected chi connectivity index (χ2v) is 62.6. The molecule has 1 aliphatic rings. The maximum atomic E-state index is 5.06. The summed E-state index contributed by atoms with van der Waals surface area (Å²) in [6, 6.07) is 0. The third-order valence-corrected chi connectivity index (χ3v) is 4.99. The summed E-state index contributed by atoms with van der Waals surface area (Å²) in [5, 5.41) is 3.39. The van der Waals surface area contributed by atoms with Crippen molar-refractivity contribution in [2.24, 2.45) is 0 Å². The second-order valence-electron chi connectivity index (χ2n) is 2.88. The zero-order chi connectivity index (χ0) is 13.3. The molecule has 0 saturated heterocycles. The molecule has 16 heavy (non-hydrogen) atoms. The van der Waals surface area contributed by atoms with Gasteiger partial charge in [0, 0.05) is 6.26 Å². The van der Waals surface area contributed by atoms with Crippen LogP contribution in [0.2, 0.25) is 0 Å². The molecule has 1 fully saturated rings. The Morgan fingerprint density at radius 3 is 1.12 bits per heavy atom. The van der Waals surface area contributed by atoms with Gasteiger partial charge >= 0.3 is 62.1 Å². The molecule has 0 amide bonds. The molecule has 0 heterocycles. The summed E-state index contributed by atoms with van der Waals surface area (Å²) in [7, 11) is 25.0. The minimum atomic E-state index is -5.42. The van der Waals surface area contributed by atoms with E-state index in [1.807, 2.05) is 35.3 Å². The average molecular weight is 514 g/mol. The Hall–Kier alpha value is 3.48. The van der Waals surface area contributed by atoms with Crippen molar-refractivity contribution in [2.75, 3.05) is 18.8 Å². The van der Waals surface area contributed by atoms with Crippen LogP contribution in [0.3, 0.4) is 0 Å². The average Bonchev–Trinajstić information content (AvgIpc) is 2.70. The van der Waals surface area contributed by atoms with Crippen molar-refractivity contribution < 1.29 is 0 Å². The van der Waals surface area contributed by atoms with Gasteiger partial charge in [0.15, 0.2) is 5.25 Å². The quantitative estimate of drug-likeness (QED) is 0.330. The van der Waals surface area contributed by atoms with E-state index in [9.17, 15) is 0 Å². The van der Waals surface area contributed by atoms with Crippen LogP contribution in [0, 0.1) is 5.25 Å². The van der Waals surface area contributed by atoms with E-state index < -0.39 is 9.14 Å². The van der Waals surface area contributed by atoms with Crippen LogP contribution >= 0.6 is 88.3 Å². The number of hydrogen-bond donors (Lipinski definition) is 0. The van der Waals surface area contributed by atoms with Crippen LogP contribution in [0.5, 0.6) is 0 Å². The zero-order valence-electron chi connectivity index (χ0n) is 8.59. The second kappa shape index (κ2) is 6.08. The van der Waals surface area contributed by atoms with E-state index in [-0.39, 0.29) is 0 Å². The molecule has 0 N–H and O–H groups in total. The zero-order valence-corrected chi connectivity index (χ0v) is 18.1. The van der Waals surface area contributed by atoms with Gasteiger partial charge in [-0.3, -0.25) is 0 Å². The first-order valence-electron chi connectivity index (χ1n) is 3.83. The van der Waals surface area contributed by atoms with E-state index in [4.69, 9.17) is 53.0 Å². The minimum absolute atomic E-state index is 0.856. The molecule has 2 unspecified atom stereocenters. The van der Waals surface area contributed by atoms with Gasteiger partial charge < -0.3 is 0 Å². The molecule has 10 heteroatoms. The van der Waals surface area contributed by atoms with Crippen LogP contribution in [-0.4, -0.2) is 38.4 Å². The van der Waals surface area contributed by atoms with E-state index in [0.29, 0.717) is 0 Å². The molecule has 0 nitrogen and oxygen atoms in total. The molecule has 100 valence electrons. The fourth-order valence-corrected chi connectivity index (χ4v) is 5.04. The summed E-state index contributed by atoms with van der Waals surface area (Å²) < 4.78 is 0. The molecular weight excluding hydrogens is 503 g/mol. The van der Waals surface area contributed by atoms with Gasteiger partial charge in [-0.2, -0.15) is 0 Å². The van der Waals surface area contributed by atoms with Gasteiger partial charge in [0.1, 0.15) is 0 Å². The molecule has 0 aromatic heterocycles.